The van der Waals surface area contributed by atoms with E-state index in [1.54, 1.807) is 17.8 Å². The maximum absolute atomic E-state index is 12.5. The molecule has 4 nitrogen and oxygen atoms in total. The summed E-state index contributed by atoms with van der Waals surface area (Å²) in [6.45, 7) is 2.85. The second-order valence-corrected chi connectivity index (χ2v) is 8.13. The number of fused-ring (bicyclic) bond motifs is 1. The number of benzene rings is 1. The van der Waals surface area contributed by atoms with Gasteiger partial charge in [0.25, 0.3) is 0 Å². The average Bonchev–Trinajstić information content (AvgIpc) is 2.71. The van der Waals surface area contributed by atoms with Gasteiger partial charge in [0.05, 0.1) is 24.7 Å². The number of aromatic nitrogens is 1. The third-order valence-corrected chi connectivity index (χ3v) is 6.21. The molecule has 1 aromatic heterocycles. The van der Waals surface area contributed by atoms with Crippen molar-refractivity contribution in [3.63, 3.8) is 0 Å². The lowest BCUT2D eigenvalue weighted by Gasteiger charge is -2.27. The van der Waals surface area contributed by atoms with E-state index in [0.717, 1.165) is 60.4 Å². The Morgan fingerprint density at radius 3 is 2.79 bits per heavy atom. The predicted molar refractivity (Wildman–Crippen MR) is 106 cm³/mol. The highest BCUT2D eigenvalue weighted by Gasteiger charge is 2.23. The van der Waals surface area contributed by atoms with Crippen LogP contribution in [0.3, 0.4) is 0 Å². The van der Waals surface area contributed by atoms with Gasteiger partial charge in [0.15, 0.2) is 17.0 Å². The molecule has 28 heavy (non-hydrogen) atoms. The molecule has 0 radical (unpaired) electrons. The van der Waals surface area contributed by atoms with Crippen molar-refractivity contribution >= 4 is 11.8 Å². The van der Waals surface area contributed by atoms with E-state index in [4.69, 9.17) is 4.74 Å². The second kappa shape index (κ2) is 9.56. The molecule has 0 spiro atoms. The number of methoxy groups -OCH3 is 1. The third kappa shape index (κ3) is 4.94. The topological polar surface area (TPSA) is 51.3 Å². The number of pyridine rings is 1. The molecule has 152 valence electrons. The minimum atomic E-state index is -0.940. The largest absolute Gasteiger partial charge is 0.494 e. The monoisotopic (exact) mass is 409 g/mol. The van der Waals surface area contributed by atoms with Crippen LogP contribution in [0.4, 0.5) is 8.78 Å². The lowest BCUT2D eigenvalue weighted by atomic mass is 9.95. The molecule has 0 aliphatic carbocycles. The zero-order valence-electron chi connectivity index (χ0n) is 16.1. The molecule has 1 aromatic carbocycles. The van der Waals surface area contributed by atoms with Crippen molar-refractivity contribution < 1.29 is 18.3 Å². The summed E-state index contributed by atoms with van der Waals surface area (Å²) in [5.74, 6) is -0.463. The highest BCUT2D eigenvalue weighted by Crippen LogP contribution is 2.30. The number of H-pyrrole nitrogens is 1. The molecule has 2 atom stereocenters. The molecule has 1 fully saturated rings. The van der Waals surface area contributed by atoms with E-state index in [-0.39, 0.29) is 11.2 Å². The fraction of sp³-hybridized carbons (Fsp3) is 0.476. The molecular formula is C21H25F2NO3S. The number of hydrogen-bond acceptors (Lipinski definition) is 4. The van der Waals surface area contributed by atoms with E-state index in [9.17, 15) is 13.6 Å². The third-order valence-electron chi connectivity index (χ3n) is 4.98. The molecule has 0 amide bonds. The highest BCUT2D eigenvalue weighted by molar-refractivity contribution is 7.99. The normalized spacial score (nSPS) is 21.3. The van der Waals surface area contributed by atoms with Crippen LogP contribution in [0.2, 0.25) is 0 Å². The summed E-state index contributed by atoms with van der Waals surface area (Å²) in [4.78, 5) is 16.5. The Morgan fingerprint density at radius 1 is 1.29 bits per heavy atom. The molecule has 2 unspecified atom stereocenters. The summed E-state index contributed by atoms with van der Waals surface area (Å²) in [5.41, 5.74) is 2.42. The molecule has 1 saturated heterocycles. The zero-order valence-corrected chi connectivity index (χ0v) is 16.9. The van der Waals surface area contributed by atoms with Gasteiger partial charge >= 0.3 is 0 Å². The number of halogens is 2. The molecule has 3 heterocycles. The van der Waals surface area contributed by atoms with Gasteiger partial charge in [-0.05, 0) is 50.5 Å². The number of thioether (sulfide) groups is 1. The van der Waals surface area contributed by atoms with Crippen LogP contribution in [0.1, 0.15) is 43.5 Å². The van der Waals surface area contributed by atoms with Gasteiger partial charge in [0.1, 0.15) is 0 Å². The van der Waals surface area contributed by atoms with Gasteiger partial charge in [-0.15, -0.1) is 11.8 Å². The van der Waals surface area contributed by atoms with E-state index in [2.05, 4.69) is 16.6 Å². The fourth-order valence-electron chi connectivity index (χ4n) is 3.37. The summed E-state index contributed by atoms with van der Waals surface area (Å²) in [7, 11) is 1.29. The Labute approximate surface area is 167 Å². The van der Waals surface area contributed by atoms with Gasteiger partial charge in [0, 0.05) is 23.4 Å². The summed E-state index contributed by atoms with van der Waals surface area (Å²) in [6.07, 6.45) is 4.73. The Bertz CT molecular complexity index is 863. The van der Waals surface area contributed by atoms with Crippen LogP contribution in [-0.2, 0) is 11.2 Å². The van der Waals surface area contributed by atoms with Gasteiger partial charge in [-0.25, -0.2) is 4.39 Å². The Morgan fingerprint density at radius 2 is 2.11 bits per heavy atom. The lowest BCUT2D eigenvalue weighted by molar-refractivity contribution is 0.0146. The highest BCUT2D eigenvalue weighted by atomic mass is 32.2. The van der Waals surface area contributed by atoms with Crippen molar-refractivity contribution in [2.24, 2.45) is 0 Å². The summed E-state index contributed by atoms with van der Waals surface area (Å²) in [6, 6.07) is 5.58. The average molecular weight is 409 g/mol. The molecule has 2 aromatic rings. The van der Waals surface area contributed by atoms with Crippen molar-refractivity contribution in [1.29, 1.82) is 0 Å². The maximum Gasteiger partial charge on any atom is 0.200 e. The Hall–Kier alpha value is -1.86. The summed E-state index contributed by atoms with van der Waals surface area (Å²) >= 11 is 1.70. The summed E-state index contributed by atoms with van der Waals surface area (Å²) in [5, 5.41) is 0. The first kappa shape index (κ1) is 20.9. The van der Waals surface area contributed by atoms with Crippen molar-refractivity contribution in [1.82, 2.24) is 4.98 Å². The van der Waals surface area contributed by atoms with Gasteiger partial charge in [-0.1, -0.05) is 6.07 Å². The molecule has 2 aliphatic rings. The SMILES string of the molecule is CC1CCC(c2cc(=O)c3c([nH]2)CCCS3)CO1.COc1cccc(F)c1F. The van der Waals surface area contributed by atoms with Gasteiger partial charge in [-0.3, -0.25) is 4.79 Å². The van der Waals surface area contributed by atoms with E-state index in [0.29, 0.717) is 12.0 Å². The molecule has 0 bridgehead atoms. The van der Waals surface area contributed by atoms with E-state index >= 15 is 0 Å². The van der Waals surface area contributed by atoms with E-state index in [1.165, 1.54) is 19.2 Å². The second-order valence-electron chi connectivity index (χ2n) is 7.02. The van der Waals surface area contributed by atoms with Crippen molar-refractivity contribution in [3.05, 3.63) is 57.5 Å². The molecule has 2 aliphatic heterocycles. The number of aromatic amines is 1. The number of aryl methyl sites for hydroxylation is 1. The fourth-order valence-corrected chi connectivity index (χ4v) is 4.39. The van der Waals surface area contributed by atoms with Crippen molar-refractivity contribution in [2.45, 2.75) is 49.5 Å². The van der Waals surface area contributed by atoms with Gasteiger partial charge in [-0.2, -0.15) is 4.39 Å². The zero-order chi connectivity index (χ0) is 20.1. The smallest absolute Gasteiger partial charge is 0.200 e. The molecule has 0 saturated carbocycles. The number of rotatable bonds is 2. The van der Waals surface area contributed by atoms with Crippen LogP contribution in [0.25, 0.3) is 0 Å². The molecule has 7 heteroatoms. The molecular weight excluding hydrogens is 384 g/mol. The predicted octanol–water partition coefficient (Wildman–Crippen LogP) is 4.67. The Kier molecular flexibility index (Phi) is 7.13. The van der Waals surface area contributed by atoms with E-state index < -0.39 is 11.6 Å². The van der Waals surface area contributed by atoms with Gasteiger partial charge < -0.3 is 14.5 Å². The first-order valence-electron chi connectivity index (χ1n) is 9.48. The van der Waals surface area contributed by atoms with Crippen LogP contribution in [0.5, 0.6) is 5.75 Å². The number of nitrogens with one attached hydrogen (secondary N) is 1. The lowest BCUT2D eigenvalue weighted by Crippen LogP contribution is -2.25. The minimum Gasteiger partial charge on any atom is -0.494 e. The molecule has 4 rings (SSSR count). The standard InChI is InChI=1S/C14H19NO2S.C7H6F2O/c1-9-4-5-10(8-17-9)12-7-13(16)14-11(15-12)3-2-6-18-14;1-10-6-4-2-3-5(8)7(6)9/h7,9-10H,2-6,8H2,1H3,(H,15,16);2-4H,1H3. The number of ether oxygens (including phenoxy) is 2. The minimum absolute atomic E-state index is 0.0694. The number of hydrogen-bond donors (Lipinski definition) is 1. The van der Waals surface area contributed by atoms with Crippen molar-refractivity contribution in [3.8, 4) is 5.75 Å². The quantitative estimate of drug-likeness (QED) is 0.783. The van der Waals surface area contributed by atoms with Crippen LogP contribution < -0.4 is 10.2 Å². The van der Waals surface area contributed by atoms with Crippen LogP contribution in [0, 0.1) is 11.6 Å². The van der Waals surface area contributed by atoms with Crippen LogP contribution in [-0.4, -0.2) is 30.6 Å². The summed E-state index contributed by atoms with van der Waals surface area (Å²) < 4.78 is 35.0. The van der Waals surface area contributed by atoms with Gasteiger partial charge in [0.2, 0.25) is 5.82 Å². The Balaban J connectivity index is 0.000000192. The van der Waals surface area contributed by atoms with E-state index in [1.807, 2.05) is 0 Å². The van der Waals surface area contributed by atoms with Crippen LogP contribution in [0.15, 0.2) is 34.0 Å². The first-order chi connectivity index (χ1) is 13.5. The van der Waals surface area contributed by atoms with Crippen LogP contribution >= 0.6 is 11.8 Å². The maximum atomic E-state index is 12.5. The first-order valence-corrected chi connectivity index (χ1v) is 10.5. The molecule has 1 N–H and O–H groups in total. The van der Waals surface area contributed by atoms with Crippen molar-refractivity contribution in [2.75, 3.05) is 19.5 Å².